The summed E-state index contributed by atoms with van der Waals surface area (Å²) in [7, 11) is 1.41. The quantitative estimate of drug-likeness (QED) is 0.499. The number of hydrogen-bond acceptors (Lipinski definition) is 8. The van der Waals surface area contributed by atoms with Gasteiger partial charge >= 0.3 is 0 Å². The smallest absolute Gasteiger partial charge is 0.289 e. The second-order valence-electron chi connectivity index (χ2n) is 8.46. The lowest BCUT2D eigenvalue weighted by molar-refractivity contribution is -0.133. The number of carbonyl (C=O) groups excluding carboxylic acids is 1. The van der Waals surface area contributed by atoms with Crippen molar-refractivity contribution in [1.29, 1.82) is 0 Å². The molecular weight excluding hydrogens is 490 g/mol. The SMILES string of the molecule is COc1cnn(CC(=O)N2CCC(c3nc(C4=NOC(c5ccccc5)C4)cs3)CC2)c(=O)c1Cl. The van der Waals surface area contributed by atoms with Gasteiger partial charge < -0.3 is 14.5 Å². The molecule has 4 heterocycles. The van der Waals surface area contributed by atoms with E-state index in [9.17, 15) is 9.59 Å². The first-order valence-electron chi connectivity index (χ1n) is 11.3. The van der Waals surface area contributed by atoms with Gasteiger partial charge in [-0.2, -0.15) is 5.10 Å². The van der Waals surface area contributed by atoms with E-state index in [-0.39, 0.29) is 35.2 Å². The molecule has 5 rings (SSSR count). The molecule has 1 aromatic carbocycles. The minimum atomic E-state index is -0.544. The number of halogens is 1. The number of piperidine rings is 1. The van der Waals surface area contributed by atoms with Crippen LogP contribution < -0.4 is 10.3 Å². The third-order valence-corrected chi connectivity index (χ3v) is 7.67. The van der Waals surface area contributed by atoms with Crippen LogP contribution in [0, 0.1) is 0 Å². The number of carbonyl (C=O) groups is 1. The van der Waals surface area contributed by atoms with Crippen molar-refractivity contribution < 1.29 is 14.4 Å². The van der Waals surface area contributed by atoms with E-state index < -0.39 is 5.56 Å². The number of oxime groups is 1. The molecule has 11 heteroatoms. The number of methoxy groups -OCH3 is 1. The van der Waals surface area contributed by atoms with E-state index in [0.717, 1.165) is 39.5 Å². The number of benzene rings is 1. The molecule has 0 saturated carbocycles. The van der Waals surface area contributed by atoms with E-state index >= 15 is 0 Å². The predicted octanol–water partition coefficient (Wildman–Crippen LogP) is 3.63. The fraction of sp³-hybridized carbons (Fsp3) is 0.375. The van der Waals surface area contributed by atoms with Gasteiger partial charge in [0.1, 0.15) is 12.3 Å². The summed E-state index contributed by atoms with van der Waals surface area (Å²) in [6.07, 6.45) is 3.57. The summed E-state index contributed by atoms with van der Waals surface area (Å²) in [6, 6.07) is 10.1. The van der Waals surface area contributed by atoms with E-state index in [1.807, 2.05) is 35.7 Å². The summed E-state index contributed by atoms with van der Waals surface area (Å²) >= 11 is 7.62. The monoisotopic (exact) mass is 513 g/mol. The minimum absolute atomic E-state index is 0.0758. The van der Waals surface area contributed by atoms with Gasteiger partial charge in [-0.15, -0.1) is 11.3 Å². The molecule has 0 radical (unpaired) electrons. The average molecular weight is 514 g/mol. The van der Waals surface area contributed by atoms with Gasteiger partial charge in [0, 0.05) is 30.8 Å². The molecule has 3 aromatic rings. The van der Waals surface area contributed by atoms with Gasteiger partial charge in [0.15, 0.2) is 16.9 Å². The Morgan fingerprint density at radius 1 is 1.26 bits per heavy atom. The molecule has 35 heavy (non-hydrogen) atoms. The Labute approximate surface area is 210 Å². The van der Waals surface area contributed by atoms with Crippen LogP contribution >= 0.6 is 22.9 Å². The maximum Gasteiger partial charge on any atom is 0.289 e. The maximum atomic E-state index is 12.8. The van der Waals surface area contributed by atoms with Crippen LogP contribution in [0.15, 0.2) is 51.9 Å². The van der Waals surface area contributed by atoms with Crippen molar-refractivity contribution in [3.8, 4) is 5.75 Å². The normalized spacial score (nSPS) is 18.3. The summed E-state index contributed by atoms with van der Waals surface area (Å²) in [6.45, 7) is 1.03. The van der Waals surface area contributed by atoms with Crippen molar-refractivity contribution in [1.82, 2.24) is 19.7 Å². The number of ether oxygens (including phenoxy) is 1. The number of rotatable bonds is 6. The standard InChI is InChI=1S/C24H24ClN5O4S/c1-33-20-12-26-30(24(32)22(20)25)13-21(31)29-9-7-16(8-10-29)23-27-18(14-35-23)17-11-19(34-28-17)15-5-3-2-4-6-15/h2-6,12,14,16,19H,7-11,13H2,1H3. The molecule has 0 N–H and O–H groups in total. The zero-order valence-corrected chi connectivity index (χ0v) is 20.7. The minimum Gasteiger partial charge on any atom is -0.493 e. The Bertz CT molecular complexity index is 1300. The van der Waals surface area contributed by atoms with Gasteiger partial charge in [0.05, 0.1) is 24.0 Å². The molecule has 1 fully saturated rings. The van der Waals surface area contributed by atoms with Crippen LogP contribution in [0.5, 0.6) is 5.75 Å². The van der Waals surface area contributed by atoms with Crippen LogP contribution in [0.3, 0.4) is 0 Å². The van der Waals surface area contributed by atoms with Crippen LogP contribution in [0.2, 0.25) is 5.02 Å². The van der Waals surface area contributed by atoms with Crippen LogP contribution in [0.4, 0.5) is 0 Å². The summed E-state index contributed by atoms with van der Waals surface area (Å²) in [4.78, 5) is 37.3. The molecule has 1 unspecified atom stereocenters. The number of aromatic nitrogens is 3. The lowest BCUT2D eigenvalue weighted by Gasteiger charge is -2.31. The average Bonchev–Trinajstić information content (AvgIpc) is 3.58. The van der Waals surface area contributed by atoms with Crippen molar-refractivity contribution in [2.24, 2.45) is 5.16 Å². The zero-order chi connectivity index (χ0) is 24.4. The molecule has 0 spiro atoms. The van der Waals surface area contributed by atoms with Gasteiger partial charge in [-0.05, 0) is 18.4 Å². The number of amides is 1. The molecule has 2 aliphatic heterocycles. The van der Waals surface area contributed by atoms with Crippen molar-refractivity contribution in [2.45, 2.75) is 37.8 Å². The van der Waals surface area contributed by atoms with Crippen LogP contribution in [0.25, 0.3) is 0 Å². The highest BCUT2D eigenvalue weighted by atomic mass is 35.5. The molecule has 0 aliphatic carbocycles. The van der Waals surface area contributed by atoms with Crippen LogP contribution in [0.1, 0.15) is 47.5 Å². The molecule has 2 aromatic heterocycles. The second-order valence-corrected chi connectivity index (χ2v) is 9.73. The molecule has 1 atom stereocenters. The summed E-state index contributed by atoms with van der Waals surface area (Å²) in [5, 5.41) is 11.3. The highest BCUT2D eigenvalue weighted by Gasteiger charge is 2.29. The van der Waals surface area contributed by atoms with Crippen LogP contribution in [-0.2, 0) is 16.2 Å². The van der Waals surface area contributed by atoms with Crippen molar-refractivity contribution in [2.75, 3.05) is 20.2 Å². The molecule has 1 amide bonds. The third-order valence-electron chi connectivity index (χ3n) is 6.31. The summed E-state index contributed by atoms with van der Waals surface area (Å²) < 4.78 is 6.06. The summed E-state index contributed by atoms with van der Waals surface area (Å²) in [5.41, 5.74) is 2.29. The van der Waals surface area contributed by atoms with Gasteiger partial charge in [-0.25, -0.2) is 9.67 Å². The molecular formula is C24H24ClN5O4S. The molecule has 182 valence electrons. The molecule has 0 bridgehead atoms. The van der Waals surface area contributed by atoms with Gasteiger partial charge in [0.25, 0.3) is 5.56 Å². The van der Waals surface area contributed by atoms with Crippen molar-refractivity contribution in [3.63, 3.8) is 0 Å². The molecule has 1 saturated heterocycles. The number of nitrogens with zero attached hydrogens (tertiary/aromatic N) is 5. The lowest BCUT2D eigenvalue weighted by Crippen LogP contribution is -2.41. The van der Waals surface area contributed by atoms with Crippen molar-refractivity contribution in [3.05, 3.63) is 73.6 Å². The second kappa shape index (κ2) is 10.2. The number of likely N-dealkylation sites (tertiary alicyclic amines) is 1. The highest BCUT2D eigenvalue weighted by molar-refractivity contribution is 7.10. The number of hydrogen-bond donors (Lipinski definition) is 0. The van der Waals surface area contributed by atoms with E-state index in [1.165, 1.54) is 13.3 Å². The Morgan fingerprint density at radius 2 is 2.03 bits per heavy atom. The topological polar surface area (TPSA) is 98.9 Å². The first-order valence-corrected chi connectivity index (χ1v) is 12.6. The fourth-order valence-electron chi connectivity index (χ4n) is 4.29. The summed E-state index contributed by atoms with van der Waals surface area (Å²) in [5.74, 6) is 0.306. The van der Waals surface area contributed by atoms with Crippen molar-refractivity contribution >= 4 is 34.6 Å². The Morgan fingerprint density at radius 3 is 2.77 bits per heavy atom. The van der Waals surface area contributed by atoms with E-state index in [1.54, 1.807) is 16.2 Å². The van der Waals surface area contributed by atoms with E-state index in [0.29, 0.717) is 19.5 Å². The maximum absolute atomic E-state index is 12.8. The van der Waals surface area contributed by atoms with E-state index in [2.05, 4.69) is 10.3 Å². The zero-order valence-electron chi connectivity index (χ0n) is 19.1. The largest absolute Gasteiger partial charge is 0.493 e. The van der Waals surface area contributed by atoms with Gasteiger partial charge in [-0.1, -0.05) is 47.1 Å². The molecule has 2 aliphatic rings. The predicted molar refractivity (Wildman–Crippen MR) is 132 cm³/mol. The highest BCUT2D eigenvalue weighted by Crippen LogP contribution is 2.33. The van der Waals surface area contributed by atoms with E-state index in [4.69, 9.17) is 26.2 Å². The van der Waals surface area contributed by atoms with Gasteiger partial charge in [0.2, 0.25) is 5.91 Å². The van der Waals surface area contributed by atoms with Gasteiger partial charge in [-0.3, -0.25) is 9.59 Å². The number of thiazole rings is 1. The Hall–Kier alpha value is -3.24. The Kier molecular flexibility index (Phi) is 6.83. The van der Waals surface area contributed by atoms with Crippen LogP contribution in [-0.4, -0.2) is 51.5 Å². The molecule has 9 nitrogen and oxygen atoms in total. The first-order chi connectivity index (χ1) is 17.0. The third kappa shape index (κ3) is 4.94. The Balaban J connectivity index is 1.16. The first kappa shape index (κ1) is 23.5. The fourth-order valence-corrected chi connectivity index (χ4v) is 5.52. The lowest BCUT2D eigenvalue weighted by atomic mass is 9.97.